The molecule has 2 N–H and O–H groups in total. The van der Waals surface area contributed by atoms with Gasteiger partial charge in [-0.25, -0.2) is 0 Å². The second-order valence-corrected chi connectivity index (χ2v) is 5.72. The van der Waals surface area contributed by atoms with E-state index in [1.54, 1.807) is 0 Å². The van der Waals surface area contributed by atoms with Crippen molar-refractivity contribution in [3.8, 4) is 5.75 Å². The smallest absolute Gasteiger partial charge is 0.119 e. The van der Waals surface area contributed by atoms with Crippen LogP contribution in [-0.2, 0) is 0 Å². The Bertz CT molecular complexity index is 394. The molecule has 1 aliphatic heterocycles. The average Bonchev–Trinajstić information content (AvgIpc) is 2.40. The zero-order valence-corrected chi connectivity index (χ0v) is 12.1. The Kier molecular flexibility index (Phi) is 5.23. The van der Waals surface area contributed by atoms with Crippen molar-refractivity contribution in [2.75, 3.05) is 26.2 Å². The molecule has 106 valence electrons. The summed E-state index contributed by atoms with van der Waals surface area (Å²) in [5.41, 5.74) is 7.12. The van der Waals surface area contributed by atoms with Crippen molar-refractivity contribution in [1.82, 2.24) is 4.90 Å². The van der Waals surface area contributed by atoms with Gasteiger partial charge in [-0.1, -0.05) is 19.1 Å². The van der Waals surface area contributed by atoms with Gasteiger partial charge in [0.15, 0.2) is 0 Å². The van der Waals surface area contributed by atoms with Gasteiger partial charge in [0, 0.05) is 19.1 Å². The molecule has 1 heterocycles. The minimum absolute atomic E-state index is 0.532. The molecule has 0 spiro atoms. The van der Waals surface area contributed by atoms with Crippen LogP contribution in [0.2, 0.25) is 0 Å². The molecule has 0 saturated carbocycles. The van der Waals surface area contributed by atoms with Crippen molar-refractivity contribution < 1.29 is 4.74 Å². The zero-order chi connectivity index (χ0) is 13.7. The maximum absolute atomic E-state index is 5.88. The summed E-state index contributed by atoms with van der Waals surface area (Å²) in [4.78, 5) is 2.48. The molecule has 1 saturated heterocycles. The third kappa shape index (κ3) is 4.22. The summed E-state index contributed by atoms with van der Waals surface area (Å²) in [6.07, 6.45) is 2.50. The first kappa shape index (κ1) is 14.4. The molecule has 2 rings (SSSR count). The van der Waals surface area contributed by atoms with Gasteiger partial charge in [0.2, 0.25) is 0 Å². The van der Waals surface area contributed by atoms with Crippen molar-refractivity contribution in [2.24, 2.45) is 11.7 Å². The monoisotopic (exact) mass is 262 g/mol. The predicted octanol–water partition coefficient (Wildman–Crippen LogP) is 2.43. The molecule has 19 heavy (non-hydrogen) atoms. The summed E-state index contributed by atoms with van der Waals surface area (Å²) < 4.78 is 5.83. The van der Waals surface area contributed by atoms with Crippen LogP contribution in [0.3, 0.4) is 0 Å². The Morgan fingerprint density at radius 2 is 2.26 bits per heavy atom. The average molecular weight is 262 g/mol. The van der Waals surface area contributed by atoms with Gasteiger partial charge in [-0.15, -0.1) is 0 Å². The maximum Gasteiger partial charge on any atom is 0.119 e. The van der Waals surface area contributed by atoms with Crippen molar-refractivity contribution in [3.63, 3.8) is 0 Å². The van der Waals surface area contributed by atoms with Gasteiger partial charge in [0.05, 0.1) is 0 Å². The normalized spacial score (nSPS) is 24.4. The maximum atomic E-state index is 5.88. The highest BCUT2D eigenvalue weighted by Gasteiger charge is 2.24. The van der Waals surface area contributed by atoms with Crippen LogP contribution in [-0.4, -0.2) is 37.2 Å². The SMILES string of the molecule is Cc1cccc(OCCN2CCC(C)CC2CN)c1. The fraction of sp³-hybridized carbons (Fsp3) is 0.625. The molecule has 0 amide bonds. The zero-order valence-electron chi connectivity index (χ0n) is 12.1. The second kappa shape index (κ2) is 6.92. The largest absolute Gasteiger partial charge is 0.492 e. The topological polar surface area (TPSA) is 38.5 Å². The number of nitrogens with two attached hydrogens (primary N) is 1. The van der Waals surface area contributed by atoms with E-state index < -0.39 is 0 Å². The number of hydrogen-bond acceptors (Lipinski definition) is 3. The molecule has 0 bridgehead atoms. The standard InChI is InChI=1S/C16H26N2O/c1-13-4-3-5-16(11-13)19-9-8-18-7-6-14(2)10-15(18)12-17/h3-5,11,14-15H,6-10,12,17H2,1-2H3. The lowest BCUT2D eigenvalue weighted by molar-refractivity contribution is 0.103. The fourth-order valence-electron chi connectivity index (χ4n) is 2.83. The van der Waals surface area contributed by atoms with Crippen LogP contribution in [0.1, 0.15) is 25.3 Å². The van der Waals surface area contributed by atoms with Crippen LogP contribution < -0.4 is 10.5 Å². The third-order valence-electron chi connectivity index (χ3n) is 4.01. The van der Waals surface area contributed by atoms with E-state index in [1.807, 2.05) is 12.1 Å². The molecule has 3 nitrogen and oxygen atoms in total. The van der Waals surface area contributed by atoms with Crippen molar-refractivity contribution in [2.45, 2.75) is 32.7 Å². The lowest BCUT2D eigenvalue weighted by Crippen LogP contribution is -2.47. The molecule has 2 unspecified atom stereocenters. The summed E-state index contributed by atoms with van der Waals surface area (Å²) in [7, 11) is 0. The van der Waals surface area contributed by atoms with Gasteiger partial charge in [0.25, 0.3) is 0 Å². The molecule has 3 heteroatoms. The van der Waals surface area contributed by atoms with E-state index in [0.29, 0.717) is 6.04 Å². The number of aryl methyl sites for hydroxylation is 1. The van der Waals surface area contributed by atoms with Crippen LogP contribution in [0.5, 0.6) is 5.75 Å². The highest BCUT2D eigenvalue weighted by atomic mass is 16.5. The molecule has 0 aromatic heterocycles. The summed E-state index contributed by atoms with van der Waals surface area (Å²) >= 11 is 0. The molecular weight excluding hydrogens is 236 g/mol. The van der Waals surface area contributed by atoms with Gasteiger partial charge >= 0.3 is 0 Å². The van der Waals surface area contributed by atoms with E-state index in [2.05, 4.69) is 30.9 Å². The first-order chi connectivity index (χ1) is 9.19. The van der Waals surface area contributed by atoms with Crippen LogP contribution >= 0.6 is 0 Å². The van der Waals surface area contributed by atoms with E-state index >= 15 is 0 Å². The summed E-state index contributed by atoms with van der Waals surface area (Å²) in [5, 5.41) is 0. The number of benzene rings is 1. The van der Waals surface area contributed by atoms with Crippen LogP contribution in [0, 0.1) is 12.8 Å². The number of ether oxygens (including phenoxy) is 1. The number of nitrogens with zero attached hydrogens (tertiary/aromatic N) is 1. The third-order valence-corrected chi connectivity index (χ3v) is 4.01. The van der Waals surface area contributed by atoms with Crippen molar-refractivity contribution in [1.29, 1.82) is 0 Å². The van der Waals surface area contributed by atoms with Crippen LogP contribution in [0.4, 0.5) is 0 Å². The Morgan fingerprint density at radius 3 is 3.00 bits per heavy atom. The molecule has 1 aromatic carbocycles. The Hall–Kier alpha value is -1.06. The lowest BCUT2D eigenvalue weighted by atomic mass is 9.92. The van der Waals surface area contributed by atoms with E-state index in [1.165, 1.54) is 18.4 Å². The highest BCUT2D eigenvalue weighted by Crippen LogP contribution is 2.21. The Balaban J connectivity index is 1.78. The van der Waals surface area contributed by atoms with Crippen LogP contribution in [0.25, 0.3) is 0 Å². The van der Waals surface area contributed by atoms with Gasteiger partial charge in [-0.3, -0.25) is 4.90 Å². The van der Waals surface area contributed by atoms with Gasteiger partial charge < -0.3 is 10.5 Å². The number of likely N-dealkylation sites (tertiary alicyclic amines) is 1. The number of rotatable bonds is 5. The van der Waals surface area contributed by atoms with E-state index in [4.69, 9.17) is 10.5 Å². The number of piperidine rings is 1. The van der Waals surface area contributed by atoms with Gasteiger partial charge in [0.1, 0.15) is 12.4 Å². The minimum atomic E-state index is 0.532. The molecule has 0 aliphatic carbocycles. The van der Waals surface area contributed by atoms with Crippen molar-refractivity contribution >= 4 is 0 Å². The lowest BCUT2D eigenvalue weighted by Gasteiger charge is -2.37. The summed E-state index contributed by atoms with van der Waals surface area (Å²) in [6, 6.07) is 8.76. The summed E-state index contributed by atoms with van der Waals surface area (Å²) in [5.74, 6) is 1.78. The van der Waals surface area contributed by atoms with E-state index in [0.717, 1.165) is 37.9 Å². The van der Waals surface area contributed by atoms with Gasteiger partial charge in [-0.2, -0.15) is 0 Å². The van der Waals surface area contributed by atoms with E-state index in [9.17, 15) is 0 Å². The first-order valence-corrected chi connectivity index (χ1v) is 7.32. The molecule has 2 atom stereocenters. The quantitative estimate of drug-likeness (QED) is 0.885. The predicted molar refractivity (Wildman–Crippen MR) is 79.5 cm³/mol. The minimum Gasteiger partial charge on any atom is -0.492 e. The van der Waals surface area contributed by atoms with E-state index in [-0.39, 0.29) is 0 Å². The van der Waals surface area contributed by atoms with Crippen molar-refractivity contribution in [3.05, 3.63) is 29.8 Å². The number of hydrogen-bond donors (Lipinski definition) is 1. The molecular formula is C16H26N2O. The second-order valence-electron chi connectivity index (χ2n) is 5.72. The highest BCUT2D eigenvalue weighted by molar-refractivity contribution is 5.27. The van der Waals surface area contributed by atoms with Crippen LogP contribution in [0.15, 0.2) is 24.3 Å². The summed E-state index contributed by atoms with van der Waals surface area (Å²) in [6.45, 7) is 8.04. The van der Waals surface area contributed by atoms with Gasteiger partial charge in [-0.05, 0) is 49.9 Å². The first-order valence-electron chi connectivity index (χ1n) is 7.32. The molecule has 1 fully saturated rings. The fourth-order valence-corrected chi connectivity index (χ4v) is 2.83. The Morgan fingerprint density at radius 1 is 1.42 bits per heavy atom. The molecule has 1 aromatic rings. The molecule has 0 radical (unpaired) electrons. The Labute approximate surface area is 116 Å². The molecule has 1 aliphatic rings.